The van der Waals surface area contributed by atoms with E-state index in [2.05, 4.69) is 4.98 Å². The van der Waals surface area contributed by atoms with Crippen molar-refractivity contribution in [1.82, 2.24) is 9.55 Å². The van der Waals surface area contributed by atoms with Crippen molar-refractivity contribution >= 4 is 17.7 Å². The Balaban J connectivity index is 2.31. The predicted molar refractivity (Wildman–Crippen MR) is 61.1 cm³/mol. The molecule has 1 aliphatic rings. The summed E-state index contributed by atoms with van der Waals surface area (Å²) in [5.74, 6) is 0.884. The normalized spacial score (nSPS) is 20.6. The maximum absolute atomic E-state index is 11.2. The van der Waals surface area contributed by atoms with E-state index in [4.69, 9.17) is 5.11 Å². The molecule has 1 aromatic rings. The molecule has 5 nitrogen and oxygen atoms in total. The Hall–Kier alpha value is -1.30. The average Bonchev–Trinajstić information content (AvgIpc) is 2.30. The van der Waals surface area contributed by atoms with Crippen molar-refractivity contribution < 1.29 is 9.90 Å². The maximum Gasteiger partial charge on any atom is 0.342 e. The molecule has 1 unspecified atom stereocenters. The first-order chi connectivity index (χ1) is 7.68. The third-order valence-electron chi connectivity index (χ3n) is 2.61. The lowest BCUT2D eigenvalue weighted by Gasteiger charge is -2.23. The number of rotatable bonds is 2. The average molecular weight is 240 g/mol. The largest absolute Gasteiger partial charge is 0.477 e. The fraction of sp³-hybridized carbons (Fsp3) is 0.500. The Labute approximate surface area is 96.5 Å². The monoisotopic (exact) mass is 240 g/mol. The zero-order chi connectivity index (χ0) is 11.5. The van der Waals surface area contributed by atoms with E-state index in [0.717, 1.165) is 24.3 Å². The van der Waals surface area contributed by atoms with Crippen LogP contribution in [0.3, 0.4) is 0 Å². The number of hydrogen-bond donors (Lipinski definition) is 1. The van der Waals surface area contributed by atoms with Crippen LogP contribution >= 0.6 is 11.8 Å². The number of hydrogen-bond acceptors (Lipinski definition) is 4. The summed E-state index contributed by atoms with van der Waals surface area (Å²) in [6.45, 7) is 0. The van der Waals surface area contributed by atoms with Crippen LogP contribution in [0.4, 0.5) is 0 Å². The molecular formula is C10H12N2O3S. The van der Waals surface area contributed by atoms with Crippen LogP contribution in [0, 0.1) is 0 Å². The molecule has 1 fully saturated rings. The topological polar surface area (TPSA) is 72.2 Å². The van der Waals surface area contributed by atoms with Gasteiger partial charge < -0.3 is 9.67 Å². The maximum atomic E-state index is 11.2. The summed E-state index contributed by atoms with van der Waals surface area (Å²) in [5.41, 5.74) is -0.926. The van der Waals surface area contributed by atoms with Gasteiger partial charge in [0.05, 0.1) is 6.33 Å². The fourth-order valence-electron chi connectivity index (χ4n) is 1.73. The van der Waals surface area contributed by atoms with Gasteiger partial charge in [-0.3, -0.25) is 4.79 Å². The molecule has 1 aliphatic heterocycles. The highest BCUT2D eigenvalue weighted by Crippen LogP contribution is 2.26. The molecule has 1 saturated heterocycles. The standard InChI is InChI=1S/C10H12N2O3S/c13-9-8(10(14)15)4-12(6-11-9)7-2-1-3-16-5-7/h4,6-7H,1-3,5H2,(H,14,15). The Kier molecular flexibility index (Phi) is 3.28. The van der Waals surface area contributed by atoms with Crippen molar-refractivity contribution in [2.24, 2.45) is 0 Å². The predicted octanol–water partition coefficient (Wildman–Crippen LogP) is 1.01. The Morgan fingerprint density at radius 1 is 1.62 bits per heavy atom. The highest BCUT2D eigenvalue weighted by molar-refractivity contribution is 7.99. The molecule has 0 saturated carbocycles. The SMILES string of the molecule is O=C(O)c1cn(C2CCCSC2)cnc1=O. The lowest BCUT2D eigenvalue weighted by molar-refractivity contribution is 0.0693. The first kappa shape index (κ1) is 11.2. The van der Waals surface area contributed by atoms with Gasteiger partial charge in [-0.1, -0.05) is 0 Å². The second kappa shape index (κ2) is 4.69. The number of aromatic nitrogens is 2. The summed E-state index contributed by atoms with van der Waals surface area (Å²) in [6.07, 6.45) is 4.96. The van der Waals surface area contributed by atoms with Crippen LogP contribution in [0.1, 0.15) is 29.2 Å². The third-order valence-corrected chi connectivity index (χ3v) is 3.80. The van der Waals surface area contributed by atoms with E-state index in [1.807, 2.05) is 11.8 Å². The molecule has 2 rings (SSSR count). The van der Waals surface area contributed by atoms with E-state index in [9.17, 15) is 9.59 Å². The van der Waals surface area contributed by atoms with Gasteiger partial charge in [-0.25, -0.2) is 4.79 Å². The highest BCUT2D eigenvalue weighted by Gasteiger charge is 2.17. The number of aromatic carboxylic acids is 1. The van der Waals surface area contributed by atoms with E-state index in [1.54, 1.807) is 4.57 Å². The molecule has 1 aromatic heterocycles. The number of nitrogens with zero attached hydrogens (tertiary/aromatic N) is 2. The van der Waals surface area contributed by atoms with Crippen molar-refractivity contribution in [2.75, 3.05) is 11.5 Å². The number of carboxylic acids is 1. The highest BCUT2D eigenvalue weighted by atomic mass is 32.2. The summed E-state index contributed by atoms with van der Waals surface area (Å²) < 4.78 is 1.75. The van der Waals surface area contributed by atoms with E-state index in [1.165, 1.54) is 12.5 Å². The number of thioether (sulfide) groups is 1. The van der Waals surface area contributed by atoms with Gasteiger partial charge in [-0.2, -0.15) is 16.7 Å². The van der Waals surface area contributed by atoms with Gasteiger partial charge in [0.25, 0.3) is 5.56 Å². The smallest absolute Gasteiger partial charge is 0.342 e. The number of carboxylic acid groups (broad SMARTS) is 1. The summed E-state index contributed by atoms with van der Waals surface area (Å²) >= 11 is 1.84. The number of carbonyl (C=O) groups is 1. The first-order valence-corrected chi connectivity index (χ1v) is 6.23. The van der Waals surface area contributed by atoms with Crippen molar-refractivity contribution in [3.05, 3.63) is 28.4 Å². The molecule has 0 spiro atoms. The second-order valence-electron chi connectivity index (χ2n) is 3.72. The van der Waals surface area contributed by atoms with Crippen molar-refractivity contribution in [3.8, 4) is 0 Å². The van der Waals surface area contributed by atoms with Crippen molar-refractivity contribution in [2.45, 2.75) is 18.9 Å². The van der Waals surface area contributed by atoms with Crippen LogP contribution in [0.2, 0.25) is 0 Å². The Bertz CT molecular complexity index is 452. The fourth-order valence-corrected chi connectivity index (χ4v) is 2.88. The van der Waals surface area contributed by atoms with E-state index >= 15 is 0 Å². The Morgan fingerprint density at radius 2 is 2.44 bits per heavy atom. The summed E-state index contributed by atoms with van der Waals surface area (Å²) in [4.78, 5) is 25.6. The summed E-state index contributed by atoms with van der Waals surface area (Å²) in [6, 6.07) is 0.255. The molecule has 0 radical (unpaired) electrons. The van der Waals surface area contributed by atoms with Gasteiger partial charge in [-0.15, -0.1) is 0 Å². The van der Waals surface area contributed by atoms with Crippen LogP contribution < -0.4 is 5.56 Å². The van der Waals surface area contributed by atoms with E-state index in [-0.39, 0.29) is 11.6 Å². The lowest BCUT2D eigenvalue weighted by Crippen LogP contribution is -2.24. The molecule has 0 bridgehead atoms. The van der Waals surface area contributed by atoms with Crippen molar-refractivity contribution in [3.63, 3.8) is 0 Å². The van der Waals surface area contributed by atoms with Crippen LogP contribution in [-0.2, 0) is 0 Å². The minimum absolute atomic E-state index is 0.252. The van der Waals surface area contributed by atoms with Gasteiger partial charge in [0.2, 0.25) is 0 Å². The minimum Gasteiger partial charge on any atom is -0.477 e. The zero-order valence-electron chi connectivity index (χ0n) is 8.63. The molecule has 2 heterocycles. The van der Waals surface area contributed by atoms with Gasteiger partial charge in [0.15, 0.2) is 0 Å². The molecule has 0 aliphatic carbocycles. The molecule has 1 N–H and O–H groups in total. The quantitative estimate of drug-likeness (QED) is 0.835. The molecule has 0 amide bonds. The molecule has 86 valence electrons. The first-order valence-electron chi connectivity index (χ1n) is 5.07. The Morgan fingerprint density at radius 3 is 3.06 bits per heavy atom. The summed E-state index contributed by atoms with van der Waals surface area (Å²) in [5, 5.41) is 8.83. The van der Waals surface area contributed by atoms with E-state index in [0.29, 0.717) is 0 Å². The van der Waals surface area contributed by atoms with Gasteiger partial charge in [0, 0.05) is 18.0 Å². The molecule has 6 heteroatoms. The van der Waals surface area contributed by atoms with Crippen LogP contribution in [0.15, 0.2) is 17.3 Å². The second-order valence-corrected chi connectivity index (χ2v) is 4.87. The molecule has 1 atom stereocenters. The summed E-state index contributed by atoms with van der Waals surface area (Å²) in [7, 11) is 0. The molecular weight excluding hydrogens is 228 g/mol. The third kappa shape index (κ3) is 2.27. The van der Waals surface area contributed by atoms with Crippen LogP contribution in [0.25, 0.3) is 0 Å². The van der Waals surface area contributed by atoms with Crippen LogP contribution in [-0.4, -0.2) is 32.1 Å². The van der Waals surface area contributed by atoms with Gasteiger partial charge >= 0.3 is 5.97 Å². The molecule has 0 aromatic carbocycles. The lowest BCUT2D eigenvalue weighted by atomic mass is 10.2. The molecule has 16 heavy (non-hydrogen) atoms. The van der Waals surface area contributed by atoms with E-state index < -0.39 is 11.5 Å². The van der Waals surface area contributed by atoms with Gasteiger partial charge in [-0.05, 0) is 18.6 Å². The van der Waals surface area contributed by atoms with Gasteiger partial charge in [0.1, 0.15) is 5.56 Å². The van der Waals surface area contributed by atoms with Crippen LogP contribution in [0.5, 0.6) is 0 Å². The minimum atomic E-state index is -1.21. The van der Waals surface area contributed by atoms with Crippen molar-refractivity contribution in [1.29, 1.82) is 0 Å². The zero-order valence-corrected chi connectivity index (χ0v) is 9.44.